The molecule has 0 amide bonds. The average molecular weight is 337 g/mol. The molecule has 24 heavy (non-hydrogen) atoms. The van der Waals surface area contributed by atoms with Crippen LogP contribution in [0.4, 0.5) is 8.78 Å². The number of hydrogen-bond donors (Lipinski definition) is 1. The highest BCUT2D eigenvalue weighted by Crippen LogP contribution is 2.58. The molecule has 0 aliphatic heterocycles. The van der Waals surface area contributed by atoms with Crippen LogP contribution in [0.1, 0.15) is 37.7 Å². The van der Waals surface area contributed by atoms with Gasteiger partial charge in [-0.2, -0.15) is 8.78 Å². The summed E-state index contributed by atoms with van der Waals surface area (Å²) >= 11 is 0. The van der Waals surface area contributed by atoms with Crippen LogP contribution in [-0.2, 0) is 6.54 Å². The topological polar surface area (TPSA) is 30.5 Å². The summed E-state index contributed by atoms with van der Waals surface area (Å²) in [5.74, 6) is 4.15. The van der Waals surface area contributed by atoms with Gasteiger partial charge in [0.25, 0.3) is 0 Å². The van der Waals surface area contributed by atoms with Gasteiger partial charge in [-0.05, 0) is 67.1 Å². The first-order valence-electron chi connectivity index (χ1n) is 9.01. The summed E-state index contributed by atoms with van der Waals surface area (Å²) in [5, 5.41) is 3.71. The molecule has 1 N–H and O–H groups in total. The maximum atomic E-state index is 12.4. The molecule has 4 rings (SSSR count). The van der Waals surface area contributed by atoms with E-state index < -0.39 is 6.61 Å². The van der Waals surface area contributed by atoms with Crippen LogP contribution in [-0.4, -0.2) is 19.8 Å². The van der Waals surface area contributed by atoms with Crippen LogP contribution in [0.2, 0.25) is 0 Å². The summed E-state index contributed by atoms with van der Waals surface area (Å²) < 4.78 is 34.4. The largest absolute Gasteiger partial charge is 0.493 e. The van der Waals surface area contributed by atoms with E-state index in [4.69, 9.17) is 4.74 Å². The van der Waals surface area contributed by atoms with Gasteiger partial charge < -0.3 is 14.8 Å². The van der Waals surface area contributed by atoms with Crippen molar-refractivity contribution in [3.05, 3.63) is 23.8 Å². The van der Waals surface area contributed by atoms with Crippen molar-refractivity contribution in [2.45, 2.75) is 51.3 Å². The molecule has 0 saturated heterocycles. The molecule has 3 nitrogen and oxygen atoms in total. The molecule has 3 aliphatic rings. The number of methoxy groups -OCH3 is 1. The quantitative estimate of drug-likeness (QED) is 0.843. The Kier molecular flexibility index (Phi) is 4.37. The number of fused-ring (bicyclic) bond motifs is 5. The van der Waals surface area contributed by atoms with E-state index in [1.807, 2.05) is 6.07 Å². The lowest BCUT2D eigenvalue weighted by atomic mass is 9.79. The third-order valence-corrected chi connectivity index (χ3v) is 6.44. The van der Waals surface area contributed by atoms with Crippen molar-refractivity contribution in [2.24, 2.45) is 23.7 Å². The smallest absolute Gasteiger partial charge is 0.387 e. The van der Waals surface area contributed by atoms with Gasteiger partial charge in [0.15, 0.2) is 11.5 Å². The van der Waals surface area contributed by atoms with Crippen LogP contribution >= 0.6 is 0 Å². The fourth-order valence-corrected chi connectivity index (χ4v) is 5.57. The zero-order valence-electron chi connectivity index (χ0n) is 14.0. The second-order valence-electron chi connectivity index (χ2n) is 7.51. The van der Waals surface area contributed by atoms with Crippen LogP contribution in [0.3, 0.4) is 0 Å². The minimum absolute atomic E-state index is 0.0879. The lowest BCUT2D eigenvalue weighted by molar-refractivity contribution is -0.0512. The number of alkyl halides is 2. The van der Waals surface area contributed by atoms with E-state index >= 15 is 0 Å². The van der Waals surface area contributed by atoms with Gasteiger partial charge in [-0.25, -0.2) is 0 Å². The standard InChI is InChI=1S/C19H25F2NO2/c1-23-18-7-11(5-6-17(18)24-19(20)21)10-22-16-9-12-8-15(16)14-4-2-3-13(12)14/h5-7,12-16,19,22H,2-4,8-10H2,1H3/t12-,13-,14-,15+,16-/m1/s1. The predicted molar refractivity (Wildman–Crippen MR) is 87.3 cm³/mol. The Morgan fingerprint density at radius 1 is 1.12 bits per heavy atom. The maximum Gasteiger partial charge on any atom is 0.387 e. The van der Waals surface area contributed by atoms with E-state index in [1.54, 1.807) is 12.1 Å². The van der Waals surface area contributed by atoms with Gasteiger partial charge in [-0.15, -0.1) is 0 Å². The lowest BCUT2D eigenvalue weighted by Gasteiger charge is -2.32. The summed E-state index contributed by atoms with van der Waals surface area (Å²) in [6.45, 7) is -2.09. The Morgan fingerprint density at radius 3 is 2.75 bits per heavy atom. The summed E-state index contributed by atoms with van der Waals surface area (Å²) in [4.78, 5) is 0. The molecular weight excluding hydrogens is 312 g/mol. The van der Waals surface area contributed by atoms with Crippen LogP contribution in [0.5, 0.6) is 11.5 Å². The molecule has 2 bridgehead atoms. The van der Waals surface area contributed by atoms with Crippen LogP contribution in [0.25, 0.3) is 0 Å². The second kappa shape index (κ2) is 6.51. The van der Waals surface area contributed by atoms with Crippen molar-refractivity contribution >= 4 is 0 Å². The Balaban J connectivity index is 1.38. The van der Waals surface area contributed by atoms with E-state index in [2.05, 4.69) is 10.1 Å². The molecular formula is C19H25F2NO2. The number of ether oxygens (including phenoxy) is 2. The van der Waals surface area contributed by atoms with Gasteiger partial charge in [0.1, 0.15) is 0 Å². The van der Waals surface area contributed by atoms with Crippen LogP contribution in [0, 0.1) is 23.7 Å². The summed E-state index contributed by atoms with van der Waals surface area (Å²) in [5.41, 5.74) is 1.04. The van der Waals surface area contributed by atoms with E-state index in [0.29, 0.717) is 11.8 Å². The molecule has 0 radical (unpaired) electrons. The van der Waals surface area contributed by atoms with Gasteiger partial charge in [0, 0.05) is 12.6 Å². The SMILES string of the molecule is COc1cc(CN[C@@H]2C[C@H]3C[C@H]2[C@@H]2CCC[C@H]32)ccc1OC(F)F. The molecule has 3 fully saturated rings. The fourth-order valence-electron chi connectivity index (χ4n) is 5.57. The van der Waals surface area contributed by atoms with E-state index in [0.717, 1.165) is 35.8 Å². The number of halogens is 2. The molecule has 132 valence electrons. The van der Waals surface area contributed by atoms with Crippen molar-refractivity contribution in [3.8, 4) is 11.5 Å². The van der Waals surface area contributed by atoms with Crippen molar-refractivity contribution in [1.29, 1.82) is 0 Å². The Morgan fingerprint density at radius 2 is 1.96 bits per heavy atom. The van der Waals surface area contributed by atoms with E-state index in [9.17, 15) is 8.78 Å². The molecule has 3 saturated carbocycles. The molecule has 0 spiro atoms. The van der Waals surface area contributed by atoms with Gasteiger partial charge in [0.05, 0.1) is 7.11 Å². The van der Waals surface area contributed by atoms with E-state index in [1.165, 1.54) is 39.2 Å². The van der Waals surface area contributed by atoms with Gasteiger partial charge in [-0.1, -0.05) is 12.5 Å². The molecule has 5 heteroatoms. The van der Waals surface area contributed by atoms with Crippen molar-refractivity contribution < 1.29 is 18.3 Å². The first-order valence-corrected chi connectivity index (χ1v) is 9.01. The fraction of sp³-hybridized carbons (Fsp3) is 0.684. The highest BCUT2D eigenvalue weighted by atomic mass is 19.3. The summed E-state index contributed by atoms with van der Waals surface area (Å²) in [7, 11) is 1.47. The zero-order chi connectivity index (χ0) is 16.7. The van der Waals surface area contributed by atoms with Crippen molar-refractivity contribution in [2.75, 3.05) is 7.11 Å². The minimum atomic E-state index is -2.84. The molecule has 5 atom stereocenters. The maximum absolute atomic E-state index is 12.4. The predicted octanol–water partition coefficient (Wildman–Crippen LogP) is 4.21. The monoisotopic (exact) mass is 337 g/mol. The Hall–Kier alpha value is -1.36. The molecule has 1 aromatic carbocycles. The van der Waals surface area contributed by atoms with Gasteiger partial charge in [-0.3, -0.25) is 0 Å². The van der Waals surface area contributed by atoms with Crippen LogP contribution < -0.4 is 14.8 Å². The number of rotatable bonds is 6. The molecule has 3 aliphatic carbocycles. The molecule has 0 aromatic heterocycles. The van der Waals surface area contributed by atoms with Crippen LogP contribution in [0.15, 0.2) is 18.2 Å². The zero-order valence-corrected chi connectivity index (χ0v) is 14.0. The third-order valence-electron chi connectivity index (χ3n) is 6.44. The highest BCUT2D eigenvalue weighted by molar-refractivity contribution is 5.43. The number of nitrogens with one attached hydrogen (secondary N) is 1. The third kappa shape index (κ3) is 2.87. The van der Waals surface area contributed by atoms with Gasteiger partial charge >= 0.3 is 6.61 Å². The van der Waals surface area contributed by atoms with Crippen molar-refractivity contribution in [1.82, 2.24) is 5.32 Å². The average Bonchev–Trinajstić information content (AvgIpc) is 3.26. The Labute approximate surface area is 141 Å². The summed E-state index contributed by atoms with van der Waals surface area (Å²) in [6, 6.07) is 5.79. The summed E-state index contributed by atoms with van der Waals surface area (Å²) in [6.07, 6.45) is 6.98. The van der Waals surface area contributed by atoms with E-state index in [-0.39, 0.29) is 5.75 Å². The molecule has 0 unspecified atom stereocenters. The highest BCUT2D eigenvalue weighted by Gasteiger charge is 2.53. The van der Waals surface area contributed by atoms with Crippen molar-refractivity contribution in [3.63, 3.8) is 0 Å². The second-order valence-corrected chi connectivity index (χ2v) is 7.51. The minimum Gasteiger partial charge on any atom is -0.493 e. The number of hydrogen-bond acceptors (Lipinski definition) is 3. The Bertz CT molecular complexity index is 595. The molecule has 0 heterocycles. The normalized spacial score (nSPS) is 33.9. The first-order chi connectivity index (χ1) is 11.7. The van der Waals surface area contributed by atoms with Gasteiger partial charge in [0.2, 0.25) is 0 Å². The molecule has 1 aromatic rings. The number of benzene rings is 1. The first kappa shape index (κ1) is 16.1. The lowest BCUT2D eigenvalue weighted by Crippen LogP contribution is -2.38.